The first-order chi connectivity index (χ1) is 13.1. The van der Waals surface area contributed by atoms with Crippen LogP contribution in [-0.2, 0) is 14.3 Å². The number of likely N-dealkylation sites (tertiary alicyclic amines) is 1. The van der Waals surface area contributed by atoms with Gasteiger partial charge in [-0.25, -0.2) is 0 Å². The molecule has 3 rings (SSSR count). The van der Waals surface area contributed by atoms with Gasteiger partial charge in [0.1, 0.15) is 5.75 Å². The minimum atomic E-state index is -0.371. The zero-order chi connectivity index (χ0) is 19.2. The number of carbonyl (C=O) groups is 2. The molecule has 0 aliphatic carbocycles. The number of nitrogens with zero attached hydrogens (tertiary/aromatic N) is 1. The van der Waals surface area contributed by atoms with Crippen LogP contribution in [0.4, 0.5) is 0 Å². The number of ether oxygens (including phenoxy) is 2. The van der Waals surface area contributed by atoms with Crippen LogP contribution in [0.15, 0.2) is 24.3 Å². The van der Waals surface area contributed by atoms with Crippen molar-refractivity contribution in [3.8, 4) is 5.75 Å². The minimum Gasteiger partial charge on any atom is -0.497 e. The highest BCUT2D eigenvalue weighted by molar-refractivity contribution is 5.90. The van der Waals surface area contributed by atoms with E-state index in [2.05, 4.69) is 12.2 Å². The summed E-state index contributed by atoms with van der Waals surface area (Å²) in [5, 5.41) is 3.02. The van der Waals surface area contributed by atoms with Crippen LogP contribution in [0.25, 0.3) is 0 Å². The van der Waals surface area contributed by atoms with Crippen LogP contribution >= 0.6 is 0 Å². The fourth-order valence-corrected chi connectivity index (χ4v) is 3.98. The van der Waals surface area contributed by atoms with Gasteiger partial charge in [0, 0.05) is 26.1 Å². The molecule has 2 saturated heterocycles. The molecule has 0 spiro atoms. The molecule has 1 aromatic carbocycles. The van der Waals surface area contributed by atoms with Crippen molar-refractivity contribution in [2.45, 2.75) is 51.2 Å². The summed E-state index contributed by atoms with van der Waals surface area (Å²) < 4.78 is 10.8. The van der Waals surface area contributed by atoms with Crippen molar-refractivity contribution >= 4 is 11.8 Å². The molecular formula is C21H30N2O4. The number of unbranched alkanes of at least 4 members (excludes halogenated alkanes) is 1. The normalized spacial score (nSPS) is 25.0. The number of hydrogen-bond acceptors (Lipinski definition) is 4. The standard InChI is InChI=1S/C21H30N2O4/c1-3-4-11-23-19(24)13-18(21(25)22-14-17-6-5-12-27-17)20(23)15-7-9-16(26-2)10-8-15/h7-10,17-18,20H,3-6,11-14H2,1-2H3,(H,22,25). The molecule has 148 valence electrons. The highest BCUT2D eigenvalue weighted by Gasteiger charge is 2.44. The lowest BCUT2D eigenvalue weighted by Gasteiger charge is -2.28. The Bertz CT molecular complexity index is 640. The Kier molecular flexibility index (Phi) is 6.72. The average molecular weight is 374 g/mol. The van der Waals surface area contributed by atoms with Gasteiger partial charge in [-0.05, 0) is 37.0 Å². The summed E-state index contributed by atoms with van der Waals surface area (Å²) in [6.07, 6.45) is 4.33. The molecule has 0 bridgehead atoms. The maximum Gasteiger partial charge on any atom is 0.226 e. The van der Waals surface area contributed by atoms with Gasteiger partial charge in [-0.3, -0.25) is 9.59 Å². The van der Waals surface area contributed by atoms with E-state index in [0.29, 0.717) is 13.1 Å². The second-order valence-electron chi connectivity index (χ2n) is 7.35. The zero-order valence-electron chi connectivity index (χ0n) is 16.3. The quantitative estimate of drug-likeness (QED) is 0.760. The summed E-state index contributed by atoms with van der Waals surface area (Å²) in [6.45, 7) is 4.08. The van der Waals surface area contributed by atoms with Crippen LogP contribution in [0.3, 0.4) is 0 Å². The van der Waals surface area contributed by atoms with Crippen LogP contribution in [0.5, 0.6) is 5.75 Å². The zero-order valence-corrected chi connectivity index (χ0v) is 16.3. The Morgan fingerprint density at radius 2 is 2.11 bits per heavy atom. The Labute approximate surface area is 161 Å². The Hall–Kier alpha value is -2.08. The molecule has 1 N–H and O–H groups in total. The molecule has 6 nitrogen and oxygen atoms in total. The van der Waals surface area contributed by atoms with Crippen molar-refractivity contribution in [2.24, 2.45) is 5.92 Å². The van der Waals surface area contributed by atoms with E-state index in [4.69, 9.17) is 9.47 Å². The number of nitrogens with one attached hydrogen (secondary N) is 1. The van der Waals surface area contributed by atoms with Gasteiger partial charge in [0.15, 0.2) is 0 Å². The molecule has 6 heteroatoms. The molecule has 0 saturated carbocycles. The summed E-state index contributed by atoms with van der Waals surface area (Å²) in [6, 6.07) is 7.47. The molecule has 3 unspecified atom stereocenters. The SMILES string of the molecule is CCCCN1C(=O)CC(C(=O)NCC2CCCO2)C1c1ccc(OC)cc1. The Balaban J connectivity index is 1.76. The van der Waals surface area contributed by atoms with Crippen LogP contribution < -0.4 is 10.1 Å². The summed E-state index contributed by atoms with van der Waals surface area (Å²) in [5.74, 6) is 0.395. The van der Waals surface area contributed by atoms with Gasteiger partial charge in [0.2, 0.25) is 11.8 Å². The van der Waals surface area contributed by atoms with Crippen molar-refractivity contribution in [1.29, 1.82) is 0 Å². The molecule has 2 heterocycles. The van der Waals surface area contributed by atoms with Crippen LogP contribution in [0.2, 0.25) is 0 Å². The van der Waals surface area contributed by atoms with E-state index >= 15 is 0 Å². The van der Waals surface area contributed by atoms with E-state index in [1.807, 2.05) is 29.2 Å². The summed E-state index contributed by atoms with van der Waals surface area (Å²) in [4.78, 5) is 27.4. The van der Waals surface area contributed by atoms with E-state index in [1.165, 1.54) is 0 Å². The highest BCUT2D eigenvalue weighted by Crippen LogP contribution is 2.39. The van der Waals surface area contributed by atoms with Crippen LogP contribution in [0.1, 0.15) is 50.6 Å². The molecular weight excluding hydrogens is 344 g/mol. The van der Waals surface area contributed by atoms with E-state index in [1.54, 1.807) is 7.11 Å². The molecule has 2 aliphatic heterocycles. The number of carbonyl (C=O) groups excluding carboxylic acids is 2. The van der Waals surface area contributed by atoms with E-state index in [9.17, 15) is 9.59 Å². The van der Waals surface area contributed by atoms with Crippen molar-refractivity contribution in [3.63, 3.8) is 0 Å². The van der Waals surface area contributed by atoms with Gasteiger partial charge < -0.3 is 19.7 Å². The Morgan fingerprint density at radius 1 is 1.33 bits per heavy atom. The number of hydrogen-bond donors (Lipinski definition) is 1. The monoisotopic (exact) mass is 374 g/mol. The summed E-state index contributed by atoms with van der Waals surface area (Å²) in [7, 11) is 1.63. The average Bonchev–Trinajstić information content (AvgIpc) is 3.32. The number of methoxy groups -OCH3 is 1. The third-order valence-electron chi connectivity index (χ3n) is 5.51. The van der Waals surface area contributed by atoms with E-state index < -0.39 is 0 Å². The lowest BCUT2D eigenvalue weighted by Crippen LogP contribution is -2.39. The van der Waals surface area contributed by atoms with Crippen molar-refractivity contribution in [1.82, 2.24) is 10.2 Å². The molecule has 0 radical (unpaired) electrons. The largest absolute Gasteiger partial charge is 0.497 e. The second kappa shape index (κ2) is 9.22. The third-order valence-corrected chi connectivity index (χ3v) is 5.51. The van der Waals surface area contributed by atoms with Crippen molar-refractivity contribution < 1.29 is 19.1 Å². The first kappa shape index (κ1) is 19.7. The van der Waals surface area contributed by atoms with Gasteiger partial charge in [0.25, 0.3) is 0 Å². The molecule has 3 atom stereocenters. The first-order valence-corrected chi connectivity index (χ1v) is 9.96. The van der Waals surface area contributed by atoms with Gasteiger partial charge >= 0.3 is 0 Å². The lowest BCUT2D eigenvalue weighted by molar-refractivity contribution is -0.129. The molecule has 2 aliphatic rings. The van der Waals surface area contributed by atoms with E-state index in [0.717, 1.165) is 43.6 Å². The fraction of sp³-hybridized carbons (Fsp3) is 0.619. The first-order valence-electron chi connectivity index (χ1n) is 9.96. The van der Waals surface area contributed by atoms with Gasteiger partial charge in [-0.1, -0.05) is 25.5 Å². The number of rotatable bonds is 8. The van der Waals surface area contributed by atoms with Gasteiger partial charge in [0.05, 0.1) is 25.2 Å². The van der Waals surface area contributed by atoms with Crippen LogP contribution in [-0.4, -0.2) is 49.6 Å². The third kappa shape index (κ3) is 4.61. The molecule has 0 aromatic heterocycles. The lowest BCUT2D eigenvalue weighted by atomic mass is 9.92. The Morgan fingerprint density at radius 3 is 2.74 bits per heavy atom. The number of amides is 2. The maximum absolute atomic E-state index is 12.9. The van der Waals surface area contributed by atoms with E-state index in [-0.39, 0.29) is 36.3 Å². The highest BCUT2D eigenvalue weighted by atomic mass is 16.5. The maximum atomic E-state index is 12.9. The molecule has 27 heavy (non-hydrogen) atoms. The van der Waals surface area contributed by atoms with Crippen molar-refractivity contribution in [3.05, 3.63) is 29.8 Å². The topological polar surface area (TPSA) is 67.9 Å². The predicted octanol–water partition coefficient (Wildman–Crippen LogP) is 2.68. The van der Waals surface area contributed by atoms with Gasteiger partial charge in [-0.15, -0.1) is 0 Å². The second-order valence-corrected chi connectivity index (χ2v) is 7.35. The molecule has 2 fully saturated rings. The summed E-state index contributed by atoms with van der Waals surface area (Å²) >= 11 is 0. The molecule has 1 aromatic rings. The smallest absolute Gasteiger partial charge is 0.226 e. The minimum absolute atomic E-state index is 0.0568. The van der Waals surface area contributed by atoms with Gasteiger partial charge in [-0.2, -0.15) is 0 Å². The van der Waals surface area contributed by atoms with Crippen molar-refractivity contribution in [2.75, 3.05) is 26.8 Å². The summed E-state index contributed by atoms with van der Waals surface area (Å²) in [5.41, 5.74) is 0.981. The predicted molar refractivity (Wildman–Crippen MR) is 102 cm³/mol. The molecule has 2 amide bonds. The number of benzene rings is 1. The fourth-order valence-electron chi connectivity index (χ4n) is 3.98. The van der Waals surface area contributed by atoms with Crippen LogP contribution in [0, 0.1) is 5.92 Å².